The van der Waals surface area contributed by atoms with Crippen LogP contribution in [0.1, 0.15) is 63.0 Å². The predicted molar refractivity (Wildman–Crippen MR) is 139 cm³/mol. The number of carbonyl (C=O) groups is 2. The molecule has 3 rings (SSSR count). The molecule has 3 amide bonds. The van der Waals surface area contributed by atoms with Crippen LogP contribution in [0.25, 0.3) is 0 Å². The number of halogens is 2. The fraction of sp³-hybridized carbons (Fsp3) is 0.704. The van der Waals surface area contributed by atoms with Gasteiger partial charge in [0, 0.05) is 49.8 Å². The van der Waals surface area contributed by atoms with Gasteiger partial charge in [0.15, 0.2) is 11.6 Å². The van der Waals surface area contributed by atoms with Crippen molar-refractivity contribution in [3.05, 3.63) is 29.3 Å². The molecule has 1 aromatic carbocycles. The van der Waals surface area contributed by atoms with Gasteiger partial charge in [-0.15, -0.1) is 0 Å². The fourth-order valence-electron chi connectivity index (χ4n) is 5.67. The van der Waals surface area contributed by atoms with Gasteiger partial charge in [0.2, 0.25) is 0 Å². The molecule has 11 heteroatoms. The van der Waals surface area contributed by atoms with Crippen LogP contribution in [0.3, 0.4) is 0 Å². The molecule has 0 unspecified atom stereocenters. The van der Waals surface area contributed by atoms with E-state index in [2.05, 4.69) is 20.7 Å². The molecular formula is C27H42F2N4O5. The number of hydrogen-bond acceptors (Lipinski definition) is 6. The first kappa shape index (κ1) is 29.9. The molecule has 0 radical (unpaired) electrons. The quantitative estimate of drug-likeness (QED) is 0.315. The Morgan fingerprint density at radius 2 is 1.92 bits per heavy atom. The van der Waals surface area contributed by atoms with Crippen LogP contribution in [0.15, 0.2) is 12.1 Å². The number of alkyl carbamates (subject to hydrolysis) is 1. The molecular weight excluding hydrogens is 498 g/mol. The van der Waals surface area contributed by atoms with E-state index in [1.807, 2.05) is 7.05 Å². The van der Waals surface area contributed by atoms with Gasteiger partial charge in [-0.2, -0.15) is 0 Å². The van der Waals surface area contributed by atoms with Gasteiger partial charge >= 0.3 is 12.1 Å². The number of ether oxygens (including phenoxy) is 2. The number of urea groups is 1. The summed E-state index contributed by atoms with van der Waals surface area (Å²) in [5, 5.41) is 19.3. The minimum atomic E-state index is -1.08. The predicted octanol–water partition coefficient (Wildman–Crippen LogP) is 4.06. The molecule has 38 heavy (non-hydrogen) atoms. The van der Waals surface area contributed by atoms with Crippen LogP contribution in [-0.2, 0) is 9.47 Å². The summed E-state index contributed by atoms with van der Waals surface area (Å²) in [7, 11) is 3.11. The number of methoxy groups -OCH3 is 1. The monoisotopic (exact) mass is 540 g/mol. The number of piperidine rings is 1. The Morgan fingerprint density at radius 3 is 2.63 bits per heavy atom. The standard InChI is InChI=1S/C27H42F2N4O5/c1-30-16-21(13-18-7-4-3-5-8-18)32-26(35)33-11-6-9-19(17-33)25(38-12-10-31-27(36)37-2)22-14-20(28)15-23(29)24(22)34/h14-15,18-19,21,25,30,34H,3-13,16-17H2,1-2H3,(H,31,36)(H,32,35)/t19-,21+,25-/m1/s1. The topological polar surface area (TPSA) is 112 Å². The van der Waals surface area contributed by atoms with E-state index in [0.717, 1.165) is 12.5 Å². The Bertz CT molecular complexity index is 916. The second kappa shape index (κ2) is 15.1. The van der Waals surface area contributed by atoms with E-state index in [1.165, 1.54) is 39.2 Å². The minimum Gasteiger partial charge on any atom is -0.505 e. The number of nitrogens with zero attached hydrogens (tertiary/aromatic N) is 1. The molecule has 0 bridgehead atoms. The van der Waals surface area contributed by atoms with Crippen LogP contribution in [-0.4, -0.2) is 75.1 Å². The number of amides is 3. The van der Waals surface area contributed by atoms with Crippen molar-refractivity contribution in [1.82, 2.24) is 20.9 Å². The summed E-state index contributed by atoms with van der Waals surface area (Å²) >= 11 is 0. The number of benzene rings is 1. The molecule has 2 aliphatic rings. The van der Waals surface area contributed by atoms with Crippen LogP contribution in [0.4, 0.5) is 18.4 Å². The molecule has 1 saturated carbocycles. The number of likely N-dealkylation sites (tertiary alicyclic amines) is 1. The molecule has 3 atom stereocenters. The first-order valence-electron chi connectivity index (χ1n) is 13.6. The van der Waals surface area contributed by atoms with Crippen molar-refractivity contribution < 1.29 is 33.0 Å². The molecule has 1 aliphatic carbocycles. The van der Waals surface area contributed by atoms with E-state index >= 15 is 0 Å². The zero-order valence-corrected chi connectivity index (χ0v) is 22.4. The summed E-state index contributed by atoms with van der Waals surface area (Å²) in [6, 6.07) is 1.51. The summed E-state index contributed by atoms with van der Waals surface area (Å²) in [5.41, 5.74) is -0.0156. The lowest BCUT2D eigenvalue weighted by molar-refractivity contribution is -0.0103. The van der Waals surface area contributed by atoms with Crippen molar-refractivity contribution in [1.29, 1.82) is 0 Å². The Kier molecular flexibility index (Phi) is 11.8. The lowest BCUT2D eigenvalue weighted by atomic mass is 9.85. The van der Waals surface area contributed by atoms with Gasteiger partial charge in [0.25, 0.3) is 0 Å². The van der Waals surface area contributed by atoms with Crippen LogP contribution in [0.2, 0.25) is 0 Å². The van der Waals surface area contributed by atoms with E-state index in [-0.39, 0.29) is 36.7 Å². The SMILES string of the molecule is CNC[C@H](CC1CCCCC1)NC(=O)N1CCC[C@@H]([C@@H](OCCNC(=O)OC)c2cc(F)cc(F)c2O)C1. The number of hydrogen-bond donors (Lipinski definition) is 4. The zero-order valence-electron chi connectivity index (χ0n) is 22.4. The number of nitrogens with one attached hydrogen (secondary N) is 3. The van der Waals surface area contributed by atoms with E-state index in [0.29, 0.717) is 44.5 Å². The van der Waals surface area contributed by atoms with Crippen molar-refractivity contribution in [3.63, 3.8) is 0 Å². The fourth-order valence-corrected chi connectivity index (χ4v) is 5.67. The summed E-state index contributed by atoms with van der Waals surface area (Å²) < 4.78 is 38.9. The number of aromatic hydroxyl groups is 1. The summed E-state index contributed by atoms with van der Waals surface area (Å²) in [5.74, 6) is -2.30. The summed E-state index contributed by atoms with van der Waals surface area (Å²) in [4.78, 5) is 26.4. The summed E-state index contributed by atoms with van der Waals surface area (Å²) in [6.45, 7) is 1.65. The normalized spacial score (nSPS) is 20.0. The highest BCUT2D eigenvalue weighted by Crippen LogP contribution is 2.38. The maximum Gasteiger partial charge on any atom is 0.406 e. The Hall–Kier alpha value is -2.66. The first-order chi connectivity index (χ1) is 18.3. The lowest BCUT2D eigenvalue weighted by Crippen LogP contribution is -2.52. The second-order valence-electron chi connectivity index (χ2n) is 10.3. The van der Waals surface area contributed by atoms with Gasteiger partial charge in [0.1, 0.15) is 5.82 Å². The Balaban J connectivity index is 1.69. The van der Waals surface area contributed by atoms with Crippen LogP contribution < -0.4 is 16.0 Å². The molecule has 1 aliphatic heterocycles. The van der Waals surface area contributed by atoms with Gasteiger partial charge in [-0.1, -0.05) is 32.1 Å². The third kappa shape index (κ3) is 8.69. The molecule has 0 aromatic heterocycles. The van der Waals surface area contributed by atoms with Gasteiger partial charge in [0.05, 0.1) is 19.8 Å². The molecule has 1 saturated heterocycles. The first-order valence-corrected chi connectivity index (χ1v) is 13.6. The second-order valence-corrected chi connectivity index (χ2v) is 10.3. The van der Waals surface area contributed by atoms with E-state index < -0.39 is 29.6 Å². The summed E-state index contributed by atoms with van der Waals surface area (Å²) in [6.07, 6.45) is 6.87. The van der Waals surface area contributed by atoms with E-state index in [4.69, 9.17) is 4.74 Å². The van der Waals surface area contributed by atoms with Crippen LogP contribution in [0.5, 0.6) is 5.75 Å². The lowest BCUT2D eigenvalue weighted by Gasteiger charge is -2.38. The third-order valence-electron chi connectivity index (χ3n) is 7.51. The van der Waals surface area contributed by atoms with Crippen molar-refractivity contribution >= 4 is 12.1 Å². The minimum absolute atomic E-state index is 0.00813. The average molecular weight is 541 g/mol. The third-order valence-corrected chi connectivity index (χ3v) is 7.51. The van der Waals surface area contributed by atoms with Gasteiger partial charge in [-0.05, 0) is 38.3 Å². The molecule has 0 spiro atoms. The Morgan fingerprint density at radius 1 is 1.16 bits per heavy atom. The highest BCUT2D eigenvalue weighted by molar-refractivity contribution is 5.74. The van der Waals surface area contributed by atoms with Crippen molar-refractivity contribution in [2.24, 2.45) is 11.8 Å². The van der Waals surface area contributed by atoms with Crippen molar-refractivity contribution in [2.75, 3.05) is 46.9 Å². The van der Waals surface area contributed by atoms with Crippen LogP contribution >= 0.6 is 0 Å². The molecule has 9 nitrogen and oxygen atoms in total. The van der Waals surface area contributed by atoms with Gasteiger partial charge in [-0.3, -0.25) is 0 Å². The van der Waals surface area contributed by atoms with Gasteiger partial charge < -0.3 is 35.4 Å². The number of phenolic OH excluding ortho intramolecular Hbond substituents is 1. The average Bonchev–Trinajstić information content (AvgIpc) is 2.91. The maximum absolute atomic E-state index is 14.2. The number of rotatable bonds is 11. The van der Waals surface area contributed by atoms with Crippen molar-refractivity contribution in [2.45, 2.75) is 63.5 Å². The number of carbonyl (C=O) groups excluding carboxylic acids is 2. The largest absolute Gasteiger partial charge is 0.505 e. The van der Waals surface area contributed by atoms with Gasteiger partial charge in [-0.25, -0.2) is 18.4 Å². The number of phenols is 1. The van der Waals surface area contributed by atoms with E-state index in [9.17, 15) is 23.5 Å². The molecule has 1 aromatic rings. The molecule has 214 valence electrons. The Labute approximate surface area is 223 Å². The smallest absolute Gasteiger partial charge is 0.406 e. The van der Waals surface area contributed by atoms with E-state index in [1.54, 1.807) is 4.90 Å². The van der Waals surface area contributed by atoms with Crippen LogP contribution in [0, 0.1) is 23.5 Å². The molecule has 4 N–H and O–H groups in total. The maximum atomic E-state index is 14.2. The highest BCUT2D eigenvalue weighted by atomic mass is 19.1. The molecule has 2 fully saturated rings. The molecule has 1 heterocycles. The van der Waals surface area contributed by atoms with Crippen molar-refractivity contribution in [3.8, 4) is 5.75 Å². The zero-order chi connectivity index (χ0) is 27.5. The highest BCUT2D eigenvalue weighted by Gasteiger charge is 2.34. The number of likely N-dealkylation sites (N-methyl/N-ethyl adjacent to an activating group) is 1.